The zero-order valence-electron chi connectivity index (χ0n) is 17.4. The molecule has 3 aromatic carbocycles. The van der Waals surface area contributed by atoms with Crippen molar-refractivity contribution in [2.24, 2.45) is 5.10 Å². The van der Waals surface area contributed by atoms with Gasteiger partial charge in [0, 0.05) is 9.50 Å². The number of amides is 1. The largest absolute Gasteiger partial charge is 0.271 e. The molecule has 3 aromatic rings. The molecule has 9 heteroatoms. The number of hydrazone groups is 1. The Morgan fingerprint density at radius 2 is 1.72 bits per heavy atom. The summed E-state index contributed by atoms with van der Waals surface area (Å²) in [6, 6.07) is 20.2. The highest BCUT2D eigenvalue weighted by atomic mass is 79.9. The highest BCUT2D eigenvalue weighted by molar-refractivity contribution is 9.10. The molecule has 0 unspecified atom stereocenters. The first-order valence-corrected chi connectivity index (χ1v) is 12.2. The van der Waals surface area contributed by atoms with Gasteiger partial charge < -0.3 is 0 Å². The van der Waals surface area contributed by atoms with Gasteiger partial charge in [0.1, 0.15) is 6.54 Å². The monoisotopic (exact) mass is 533 g/mol. The number of benzene rings is 3. The third-order valence-electron chi connectivity index (χ3n) is 4.60. The van der Waals surface area contributed by atoms with Gasteiger partial charge in [-0.05, 0) is 61.9 Å². The molecule has 3 rings (SSSR count). The molecule has 0 fully saturated rings. The van der Waals surface area contributed by atoms with Gasteiger partial charge in [0.25, 0.3) is 15.9 Å². The van der Waals surface area contributed by atoms with Crippen LogP contribution in [-0.4, -0.2) is 26.6 Å². The Labute approximate surface area is 201 Å². The number of sulfonamides is 1. The molecule has 0 saturated carbocycles. The van der Waals surface area contributed by atoms with E-state index in [9.17, 15) is 13.2 Å². The van der Waals surface area contributed by atoms with Crippen molar-refractivity contribution < 1.29 is 13.2 Å². The topological polar surface area (TPSA) is 78.8 Å². The molecular weight excluding hydrogens is 514 g/mol. The summed E-state index contributed by atoms with van der Waals surface area (Å²) in [5.41, 5.74) is 5.06. The van der Waals surface area contributed by atoms with Crippen LogP contribution in [0.15, 0.2) is 87.3 Å². The molecule has 0 radical (unpaired) electrons. The lowest BCUT2D eigenvalue weighted by Crippen LogP contribution is -2.39. The summed E-state index contributed by atoms with van der Waals surface area (Å²) in [6.07, 6.45) is 0. The summed E-state index contributed by atoms with van der Waals surface area (Å²) in [5, 5.41) is 4.47. The molecule has 0 saturated heterocycles. The molecule has 0 spiro atoms. The van der Waals surface area contributed by atoms with E-state index in [-0.39, 0.29) is 10.6 Å². The van der Waals surface area contributed by atoms with Crippen molar-refractivity contribution in [1.82, 2.24) is 5.43 Å². The van der Waals surface area contributed by atoms with Crippen molar-refractivity contribution in [1.29, 1.82) is 0 Å². The molecule has 32 heavy (non-hydrogen) atoms. The van der Waals surface area contributed by atoms with Crippen LogP contribution in [0.5, 0.6) is 0 Å². The van der Waals surface area contributed by atoms with Crippen LogP contribution in [0, 0.1) is 6.92 Å². The summed E-state index contributed by atoms with van der Waals surface area (Å²) in [4.78, 5) is 12.7. The lowest BCUT2D eigenvalue weighted by atomic mass is 10.1. The Morgan fingerprint density at radius 3 is 2.34 bits per heavy atom. The summed E-state index contributed by atoms with van der Waals surface area (Å²) < 4.78 is 28.6. The third-order valence-corrected chi connectivity index (χ3v) is 7.15. The van der Waals surface area contributed by atoms with Crippen LogP contribution < -0.4 is 9.73 Å². The zero-order valence-corrected chi connectivity index (χ0v) is 20.6. The SMILES string of the molecule is C/C(=N/NC(=O)CN(c1cccc(Cl)c1)S(=O)(=O)c1ccc(C)cc1)c1ccc(Br)cc1. The quantitative estimate of drug-likeness (QED) is 0.336. The molecule has 0 bridgehead atoms. The average molecular weight is 535 g/mol. The van der Waals surface area contributed by atoms with E-state index < -0.39 is 22.5 Å². The van der Waals surface area contributed by atoms with E-state index in [1.807, 2.05) is 31.2 Å². The summed E-state index contributed by atoms with van der Waals surface area (Å²) >= 11 is 9.45. The molecule has 0 aliphatic rings. The number of hydrogen-bond acceptors (Lipinski definition) is 4. The van der Waals surface area contributed by atoms with Crippen molar-refractivity contribution >= 4 is 54.9 Å². The van der Waals surface area contributed by atoms with E-state index in [0.29, 0.717) is 10.7 Å². The predicted octanol–water partition coefficient (Wildman–Crippen LogP) is 5.15. The Hall–Kier alpha value is -2.68. The molecule has 0 aliphatic heterocycles. The molecule has 0 aromatic heterocycles. The maximum atomic E-state index is 13.3. The number of hydrogen-bond donors (Lipinski definition) is 1. The van der Waals surface area contributed by atoms with Crippen LogP contribution in [0.3, 0.4) is 0 Å². The van der Waals surface area contributed by atoms with Gasteiger partial charge in [0.15, 0.2) is 0 Å². The fourth-order valence-electron chi connectivity index (χ4n) is 2.85. The maximum absolute atomic E-state index is 13.3. The van der Waals surface area contributed by atoms with Gasteiger partial charge in [-0.15, -0.1) is 0 Å². The number of carbonyl (C=O) groups is 1. The minimum Gasteiger partial charge on any atom is -0.271 e. The second-order valence-electron chi connectivity index (χ2n) is 7.04. The average Bonchev–Trinajstić information content (AvgIpc) is 2.76. The Balaban J connectivity index is 1.87. The number of nitrogens with zero attached hydrogens (tertiary/aromatic N) is 2. The second kappa shape index (κ2) is 10.3. The van der Waals surface area contributed by atoms with Gasteiger partial charge in [-0.3, -0.25) is 9.10 Å². The number of rotatable bonds is 7. The van der Waals surface area contributed by atoms with Crippen molar-refractivity contribution in [3.05, 3.63) is 93.4 Å². The minimum absolute atomic E-state index is 0.0745. The summed E-state index contributed by atoms with van der Waals surface area (Å²) in [6.45, 7) is 3.15. The van der Waals surface area contributed by atoms with E-state index in [1.165, 1.54) is 18.2 Å². The van der Waals surface area contributed by atoms with Crippen LogP contribution in [0.1, 0.15) is 18.1 Å². The van der Waals surface area contributed by atoms with Crippen LogP contribution in [0.4, 0.5) is 5.69 Å². The normalized spacial score (nSPS) is 11.8. The maximum Gasteiger partial charge on any atom is 0.264 e. The van der Waals surface area contributed by atoms with E-state index in [4.69, 9.17) is 11.6 Å². The molecule has 0 heterocycles. The van der Waals surface area contributed by atoms with Crippen molar-refractivity contribution in [3.63, 3.8) is 0 Å². The predicted molar refractivity (Wildman–Crippen MR) is 132 cm³/mol. The first kappa shape index (κ1) is 24.0. The molecule has 0 atom stereocenters. The van der Waals surface area contributed by atoms with Crippen molar-refractivity contribution in [2.45, 2.75) is 18.7 Å². The number of halogens is 2. The summed E-state index contributed by atoms with van der Waals surface area (Å²) in [5.74, 6) is -0.586. The molecule has 166 valence electrons. The Morgan fingerprint density at radius 1 is 1.06 bits per heavy atom. The van der Waals surface area contributed by atoms with Crippen LogP contribution in [0.25, 0.3) is 0 Å². The highest BCUT2D eigenvalue weighted by Gasteiger charge is 2.27. The lowest BCUT2D eigenvalue weighted by molar-refractivity contribution is -0.119. The van der Waals surface area contributed by atoms with E-state index in [0.717, 1.165) is 19.9 Å². The smallest absolute Gasteiger partial charge is 0.264 e. The first-order chi connectivity index (χ1) is 15.2. The number of nitrogens with one attached hydrogen (secondary N) is 1. The Kier molecular flexibility index (Phi) is 7.71. The van der Waals surface area contributed by atoms with Gasteiger partial charge in [0.05, 0.1) is 16.3 Å². The molecule has 1 amide bonds. The standard InChI is InChI=1S/C23H21BrClN3O3S/c1-16-6-12-22(13-7-16)32(30,31)28(21-5-3-4-20(25)14-21)15-23(29)27-26-17(2)18-8-10-19(24)11-9-18/h3-14H,15H2,1-2H3,(H,27,29)/b26-17-. The van der Waals surface area contributed by atoms with Gasteiger partial charge in [-0.25, -0.2) is 13.8 Å². The van der Waals surface area contributed by atoms with Crippen molar-refractivity contribution in [3.8, 4) is 0 Å². The lowest BCUT2D eigenvalue weighted by Gasteiger charge is -2.24. The first-order valence-electron chi connectivity index (χ1n) is 9.61. The number of anilines is 1. The third kappa shape index (κ3) is 5.97. The van der Waals surface area contributed by atoms with Crippen LogP contribution in [0.2, 0.25) is 5.02 Å². The second-order valence-corrected chi connectivity index (χ2v) is 10.3. The van der Waals surface area contributed by atoms with Crippen LogP contribution in [-0.2, 0) is 14.8 Å². The van der Waals surface area contributed by atoms with Crippen molar-refractivity contribution in [2.75, 3.05) is 10.8 Å². The minimum atomic E-state index is -4.02. The number of carbonyl (C=O) groups excluding carboxylic acids is 1. The molecule has 1 N–H and O–H groups in total. The fraction of sp³-hybridized carbons (Fsp3) is 0.130. The summed E-state index contributed by atoms with van der Waals surface area (Å²) in [7, 11) is -4.02. The van der Waals surface area contributed by atoms with Gasteiger partial charge in [-0.1, -0.05) is 63.4 Å². The van der Waals surface area contributed by atoms with E-state index in [2.05, 4.69) is 26.5 Å². The van der Waals surface area contributed by atoms with Gasteiger partial charge >= 0.3 is 0 Å². The fourth-order valence-corrected chi connectivity index (χ4v) is 4.71. The molecule has 6 nitrogen and oxygen atoms in total. The van der Waals surface area contributed by atoms with Gasteiger partial charge in [0.2, 0.25) is 0 Å². The Bertz CT molecular complexity index is 1240. The highest BCUT2D eigenvalue weighted by Crippen LogP contribution is 2.26. The zero-order chi connectivity index (χ0) is 23.3. The van der Waals surface area contributed by atoms with E-state index in [1.54, 1.807) is 37.3 Å². The van der Waals surface area contributed by atoms with E-state index >= 15 is 0 Å². The van der Waals surface area contributed by atoms with Crippen LogP contribution >= 0.6 is 27.5 Å². The molecular formula is C23H21BrClN3O3S. The number of aryl methyl sites for hydroxylation is 1. The van der Waals surface area contributed by atoms with Gasteiger partial charge in [-0.2, -0.15) is 5.10 Å². The molecule has 0 aliphatic carbocycles.